The first kappa shape index (κ1) is 18.3. The predicted molar refractivity (Wildman–Crippen MR) is 109 cm³/mol. The highest BCUT2D eigenvalue weighted by atomic mass is 14.9. The van der Waals surface area contributed by atoms with Crippen LogP contribution in [0.2, 0.25) is 0 Å². The average Bonchev–Trinajstić information content (AvgIpc) is 2.65. The van der Waals surface area contributed by atoms with E-state index in [1.54, 1.807) is 0 Å². The monoisotopic (exact) mass is 331 g/mol. The molecule has 0 fully saturated rings. The van der Waals surface area contributed by atoms with Gasteiger partial charge in [0.05, 0.1) is 0 Å². The Labute approximate surface area is 150 Å². The van der Waals surface area contributed by atoms with Gasteiger partial charge in [0.1, 0.15) is 5.84 Å². The summed E-state index contributed by atoms with van der Waals surface area (Å²) in [6.45, 7) is 1.97. The molecule has 0 aliphatic heterocycles. The number of aliphatic imine (C=N–C) groups is 1. The first-order valence-electron chi connectivity index (χ1n) is 8.36. The fourth-order valence-electron chi connectivity index (χ4n) is 2.33. The average molecular weight is 331 g/mol. The van der Waals surface area contributed by atoms with E-state index >= 15 is 0 Å². The minimum absolute atomic E-state index is 0.542. The van der Waals surface area contributed by atoms with Crippen LogP contribution in [-0.4, -0.2) is 12.9 Å². The predicted octanol–water partition coefficient (Wildman–Crippen LogP) is 4.59. The number of nitrogens with two attached hydrogens (primary N) is 1. The van der Waals surface area contributed by atoms with Crippen molar-refractivity contribution in [2.75, 3.05) is 7.05 Å². The summed E-state index contributed by atoms with van der Waals surface area (Å²) < 4.78 is 0. The molecule has 2 rings (SSSR count). The molecule has 0 saturated carbocycles. The molecule has 0 heterocycles. The van der Waals surface area contributed by atoms with Crippen molar-refractivity contribution in [1.82, 2.24) is 5.32 Å². The van der Waals surface area contributed by atoms with E-state index in [0.717, 1.165) is 17.7 Å². The van der Waals surface area contributed by atoms with Crippen molar-refractivity contribution in [2.24, 2.45) is 10.7 Å². The Morgan fingerprint density at radius 1 is 1.00 bits per heavy atom. The van der Waals surface area contributed by atoms with Crippen molar-refractivity contribution in [2.45, 2.75) is 13.3 Å². The smallest absolute Gasteiger partial charge is 0.130 e. The van der Waals surface area contributed by atoms with Crippen LogP contribution >= 0.6 is 0 Å². The zero-order valence-electron chi connectivity index (χ0n) is 14.8. The summed E-state index contributed by atoms with van der Waals surface area (Å²) in [5.74, 6) is 0.542. The Morgan fingerprint density at radius 3 is 2.32 bits per heavy atom. The molecule has 0 amide bonds. The third kappa shape index (κ3) is 6.15. The van der Waals surface area contributed by atoms with Crippen molar-refractivity contribution >= 4 is 18.0 Å². The summed E-state index contributed by atoms with van der Waals surface area (Å²) in [6.07, 6.45) is 11.1. The summed E-state index contributed by atoms with van der Waals surface area (Å²) in [5, 5.41) is 3.02. The van der Waals surface area contributed by atoms with Crippen LogP contribution in [0.15, 0.2) is 83.6 Å². The van der Waals surface area contributed by atoms with Crippen LogP contribution in [0.25, 0.3) is 12.2 Å². The first-order chi connectivity index (χ1) is 12.2. The van der Waals surface area contributed by atoms with E-state index in [0.29, 0.717) is 5.84 Å². The molecule has 3 N–H and O–H groups in total. The first-order valence-corrected chi connectivity index (χ1v) is 8.36. The molecule has 3 heteroatoms. The van der Waals surface area contributed by atoms with Gasteiger partial charge in [-0.15, -0.1) is 0 Å². The number of benzene rings is 2. The molecule has 2 aromatic carbocycles. The number of nitrogens with zero attached hydrogens (tertiary/aromatic N) is 1. The molecule has 0 bridgehead atoms. The Balaban J connectivity index is 2.01. The number of hydrogen-bond donors (Lipinski definition) is 2. The van der Waals surface area contributed by atoms with Crippen molar-refractivity contribution in [3.63, 3.8) is 0 Å². The zero-order valence-corrected chi connectivity index (χ0v) is 14.8. The number of rotatable bonds is 7. The zero-order chi connectivity index (χ0) is 17.9. The third-order valence-electron chi connectivity index (χ3n) is 3.64. The molecule has 2 aromatic rings. The molecule has 0 radical (unpaired) electrons. The minimum atomic E-state index is 0.542. The molecule has 0 unspecified atom stereocenters. The summed E-state index contributed by atoms with van der Waals surface area (Å²) >= 11 is 0. The molecular formula is C22H25N3. The second-order valence-corrected chi connectivity index (χ2v) is 5.60. The SMILES string of the molecule is CN/C=C\c1ccccc1/C=C/C/C=C(/C)N=C(N)c1ccccc1. The number of nitrogens with one attached hydrogen (secondary N) is 1. The quantitative estimate of drug-likeness (QED) is 0.576. The Morgan fingerprint density at radius 2 is 1.64 bits per heavy atom. The lowest BCUT2D eigenvalue weighted by Gasteiger charge is -2.01. The van der Waals surface area contributed by atoms with Gasteiger partial charge >= 0.3 is 0 Å². The summed E-state index contributed by atoms with van der Waals surface area (Å²) in [4.78, 5) is 4.45. The molecule has 0 atom stereocenters. The van der Waals surface area contributed by atoms with Crippen LogP contribution in [0.5, 0.6) is 0 Å². The van der Waals surface area contributed by atoms with E-state index < -0.39 is 0 Å². The van der Waals surface area contributed by atoms with E-state index in [2.05, 4.69) is 46.7 Å². The lowest BCUT2D eigenvalue weighted by atomic mass is 10.1. The summed E-state index contributed by atoms with van der Waals surface area (Å²) in [6, 6.07) is 18.1. The fraction of sp³-hybridized carbons (Fsp3) is 0.136. The van der Waals surface area contributed by atoms with E-state index in [1.165, 1.54) is 11.1 Å². The van der Waals surface area contributed by atoms with Gasteiger partial charge in [0.15, 0.2) is 0 Å². The molecule has 0 aromatic heterocycles. The number of amidine groups is 1. The van der Waals surface area contributed by atoms with E-state index in [4.69, 9.17) is 5.73 Å². The van der Waals surface area contributed by atoms with Crippen molar-refractivity contribution in [1.29, 1.82) is 0 Å². The maximum absolute atomic E-state index is 6.04. The van der Waals surface area contributed by atoms with Crippen LogP contribution in [0.1, 0.15) is 30.0 Å². The second-order valence-electron chi connectivity index (χ2n) is 5.60. The van der Waals surface area contributed by atoms with Gasteiger partial charge in [0.2, 0.25) is 0 Å². The van der Waals surface area contributed by atoms with Gasteiger partial charge < -0.3 is 11.1 Å². The minimum Gasteiger partial charge on any atom is -0.394 e. The number of allylic oxidation sites excluding steroid dienone is 3. The Bertz CT molecular complexity index is 784. The van der Waals surface area contributed by atoms with Crippen LogP contribution in [0, 0.1) is 0 Å². The van der Waals surface area contributed by atoms with Crippen LogP contribution in [0.3, 0.4) is 0 Å². The lowest BCUT2D eigenvalue weighted by Crippen LogP contribution is -2.12. The van der Waals surface area contributed by atoms with Gasteiger partial charge in [-0.2, -0.15) is 0 Å². The fourth-order valence-corrected chi connectivity index (χ4v) is 2.33. The number of hydrogen-bond acceptors (Lipinski definition) is 2. The molecule has 25 heavy (non-hydrogen) atoms. The second kappa shape index (κ2) is 9.93. The van der Waals surface area contributed by atoms with Crippen molar-refractivity contribution < 1.29 is 0 Å². The van der Waals surface area contributed by atoms with Crippen LogP contribution in [0.4, 0.5) is 0 Å². The highest BCUT2D eigenvalue weighted by molar-refractivity contribution is 5.97. The summed E-state index contributed by atoms with van der Waals surface area (Å²) in [7, 11) is 1.89. The largest absolute Gasteiger partial charge is 0.394 e. The van der Waals surface area contributed by atoms with Crippen LogP contribution in [-0.2, 0) is 0 Å². The molecule has 0 saturated heterocycles. The molecule has 128 valence electrons. The molecule has 0 aliphatic carbocycles. The van der Waals surface area contributed by atoms with Gasteiger partial charge in [-0.25, -0.2) is 4.99 Å². The molecule has 3 nitrogen and oxygen atoms in total. The van der Waals surface area contributed by atoms with Crippen molar-refractivity contribution in [3.8, 4) is 0 Å². The molecular weight excluding hydrogens is 306 g/mol. The maximum atomic E-state index is 6.04. The van der Waals surface area contributed by atoms with Crippen LogP contribution < -0.4 is 11.1 Å². The van der Waals surface area contributed by atoms with E-state index in [-0.39, 0.29) is 0 Å². The highest BCUT2D eigenvalue weighted by Crippen LogP contribution is 2.13. The highest BCUT2D eigenvalue weighted by Gasteiger charge is 1.96. The normalized spacial score (nSPS) is 12.9. The third-order valence-corrected chi connectivity index (χ3v) is 3.64. The summed E-state index contributed by atoms with van der Waals surface area (Å²) in [5.41, 5.74) is 10.3. The van der Waals surface area contributed by atoms with Gasteiger partial charge in [0.25, 0.3) is 0 Å². The maximum Gasteiger partial charge on any atom is 0.130 e. The van der Waals surface area contributed by atoms with Gasteiger partial charge in [-0.1, -0.05) is 72.8 Å². The van der Waals surface area contributed by atoms with Gasteiger partial charge in [-0.05, 0) is 36.7 Å². The Kier molecular flexibility index (Phi) is 7.26. The van der Waals surface area contributed by atoms with E-state index in [1.807, 2.05) is 62.6 Å². The lowest BCUT2D eigenvalue weighted by molar-refractivity contribution is 1.11. The topological polar surface area (TPSA) is 50.4 Å². The van der Waals surface area contributed by atoms with E-state index in [9.17, 15) is 0 Å². The van der Waals surface area contributed by atoms with Gasteiger partial charge in [0, 0.05) is 18.3 Å². The van der Waals surface area contributed by atoms with Crippen molar-refractivity contribution in [3.05, 3.63) is 95.3 Å². The Hall–Kier alpha value is -3.07. The standard InChI is InChI=1S/C22H25N3/c1-18(25-22(23)21-14-4-3-5-15-21)10-6-7-11-19-12-8-9-13-20(19)16-17-24-2/h3-5,7-17,24H,6H2,1-2H3,(H2,23,25)/b11-7+,17-16-,18-10-. The van der Waals surface area contributed by atoms with Gasteiger partial charge in [-0.3, -0.25) is 0 Å². The molecule has 0 spiro atoms. The molecule has 0 aliphatic rings.